The van der Waals surface area contributed by atoms with Gasteiger partial charge in [0.25, 0.3) is 5.56 Å². The molecule has 14 heavy (non-hydrogen) atoms. The molecule has 0 fully saturated rings. The summed E-state index contributed by atoms with van der Waals surface area (Å²) in [6, 6.07) is -1.07. The number of aromatic nitrogens is 2. The molecule has 1 atom stereocenters. The van der Waals surface area contributed by atoms with Gasteiger partial charge in [-0.15, -0.1) is 0 Å². The Morgan fingerprint density at radius 1 is 1.64 bits per heavy atom. The molecule has 7 heteroatoms. The van der Waals surface area contributed by atoms with E-state index < -0.39 is 23.3 Å². The summed E-state index contributed by atoms with van der Waals surface area (Å²) in [6.45, 7) is 1.31. The first kappa shape index (κ1) is 10.0. The zero-order valence-electron chi connectivity index (χ0n) is 7.35. The molecule has 1 unspecified atom stereocenters. The van der Waals surface area contributed by atoms with Crippen molar-refractivity contribution in [3.05, 3.63) is 27.0 Å². The maximum atomic E-state index is 11.1. The average molecular weight is 199 g/mol. The molecule has 1 aromatic heterocycles. The number of nitrogens with two attached hydrogens (primary N) is 1. The fraction of sp³-hybridized carbons (Fsp3) is 0.286. The molecule has 0 aromatic carbocycles. The number of aliphatic carboxylic acids is 1. The second-order valence-corrected chi connectivity index (χ2v) is 2.77. The monoisotopic (exact) mass is 199 g/mol. The lowest BCUT2D eigenvalue weighted by Crippen LogP contribution is -2.34. The van der Waals surface area contributed by atoms with Crippen molar-refractivity contribution in [3.63, 3.8) is 0 Å². The lowest BCUT2D eigenvalue weighted by atomic mass is 10.3. The Balaban J connectivity index is 3.37. The van der Waals surface area contributed by atoms with Crippen LogP contribution in [0.1, 0.15) is 13.0 Å². The predicted octanol–water partition coefficient (Wildman–Crippen LogP) is -1.24. The molecule has 0 aliphatic heterocycles. The molecule has 0 saturated heterocycles. The van der Waals surface area contributed by atoms with Crippen LogP contribution in [-0.2, 0) is 4.79 Å². The number of nitrogens with one attached hydrogen (secondary N) is 1. The van der Waals surface area contributed by atoms with Gasteiger partial charge in [0.2, 0.25) is 0 Å². The SMILES string of the molecule is CC(C(=O)O)n1cc(N)c(=O)[nH]c1=O. The average Bonchev–Trinajstić information content (AvgIpc) is 2.10. The van der Waals surface area contributed by atoms with Crippen LogP contribution in [-0.4, -0.2) is 20.6 Å². The second kappa shape index (κ2) is 3.36. The van der Waals surface area contributed by atoms with E-state index in [-0.39, 0.29) is 5.69 Å². The van der Waals surface area contributed by atoms with Crippen LogP contribution in [0.15, 0.2) is 15.8 Å². The van der Waals surface area contributed by atoms with Gasteiger partial charge in [0.1, 0.15) is 11.7 Å². The number of carbonyl (C=O) groups is 1. The highest BCUT2D eigenvalue weighted by Gasteiger charge is 2.15. The third-order valence-electron chi connectivity index (χ3n) is 1.77. The molecule has 0 amide bonds. The van der Waals surface area contributed by atoms with Gasteiger partial charge in [-0.25, -0.2) is 9.59 Å². The van der Waals surface area contributed by atoms with Gasteiger partial charge in [-0.2, -0.15) is 0 Å². The number of H-pyrrole nitrogens is 1. The number of carboxylic acid groups (broad SMARTS) is 1. The Morgan fingerprint density at radius 3 is 2.71 bits per heavy atom. The summed E-state index contributed by atoms with van der Waals surface area (Å²) in [7, 11) is 0. The Bertz CT molecular complexity index is 473. The van der Waals surface area contributed by atoms with Gasteiger partial charge >= 0.3 is 11.7 Å². The highest BCUT2D eigenvalue weighted by Crippen LogP contribution is 2.01. The number of anilines is 1. The minimum absolute atomic E-state index is 0.197. The van der Waals surface area contributed by atoms with E-state index in [1.54, 1.807) is 0 Å². The summed E-state index contributed by atoms with van der Waals surface area (Å²) in [5.74, 6) is -1.18. The minimum Gasteiger partial charge on any atom is -0.480 e. The summed E-state index contributed by atoms with van der Waals surface area (Å²) < 4.78 is 0.846. The standard InChI is InChI=1S/C7H9N3O4/c1-3(6(12)13)10-2-4(8)5(11)9-7(10)14/h2-3H,8H2,1H3,(H,12,13)(H,9,11,14). The Hall–Kier alpha value is -2.05. The van der Waals surface area contributed by atoms with E-state index in [0.717, 1.165) is 10.8 Å². The van der Waals surface area contributed by atoms with Crippen LogP contribution in [0.2, 0.25) is 0 Å². The summed E-state index contributed by atoms with van der Waals surface area (Å²) >= 11 is 0. The van der Waals surface area contributed by atoms with Gasteiger partial charge in [0.05, 0.1) is 0 Å². The first-order chi connectivity index (χ1) is 6.43. The van der Waals surface area contributed by atoms with E-state index in [1.165, 1.54) is 6.92 Å². The number of aromatic amines is 1. The zero-order chi connectivity index (χ0) is 10.9. The van der Waals surface area contributed by atoms with Crippen molar-refractivity contribution in [2.75, 3.05) is 5.73 Å². The molecule has 7 nitrogen and oxygen atoms in total. The van der Waals surface area contributed by atoms with E-state index in [4.69, 9.17) is 10.8 Å². The van der Waals surface area contributed by atoms with E-state index in [1.807, 2.05) is 4.98 Å². The predicted molar refractivity (Wildman–Crippen MR) is 48.1 cm³/mol. The van der Waals surface area contributed by atoms with Crippen LogP contribution in [0.4, 0.5) is 5.69 Å². The third kappa shape index (κ3) is 1.65. The lowest BCUT2D eigenvalue weighted by Gasteiger charge is -2.09. The van der Waals surface area contributed by atoms with Gasteiger partial charge < -0.3 is 10.8 Å². The van der Waals surface area contributed by atoms with Crippen LogP contribution in [0.5, 0.6) is 0 Å². The highest BCUT2D eigenvalue weighted by atomic mass is 16.4. The van der Waals surface area contributed by atoms with Gasteiger partial charge in [-0.1, -0.05) is 0 Å². The molecular weight excluding hydrogens is 190 g/mol. The number of nitrogen functional groups attached to an aromatic ring is 1. The number of hydrogen-bond acceptors (Lipinski definition) is 4. The molecule has 4 N–H and O–H groups in total. The van der Waals surface area contributed by atoms with E-state index in [2.05, 4.69) is 0 Å². The fourth-order valence-electron chi connectivity index (χ4n) is 0.908. The molecule has 0 aliphatic rings. The Kier molecular flexibility index (Phi) is 2.41. The first-order valence-electron chi connectivity index (χ1n) is 3.77. The Labute approximate surface area is 77.8 Å². The van der Waals surface area contributed by atoms with Crippen molar-refractivity contribution in [1.29, 1.82) is 0 Å². The van der Waals surface area contributed by atoms with Crippen LogP contribution in [0.3, 0.4) is 0 Å². The van der Waals surface area contributed by atoms with Gasteiger partial charge in [-0.3, -0.25) is 14.3 Å². The first-order valence-corrected chi connectivity index (χ1v) is 3.77. The second-order valence-electron chi connectivity index (χ2n) is 2.77. The minimum atomic E-state index is -1.18. The van der Waals surface area contributed by atoms with Crippen LogP contribution >= 0.6 is 0 Å². The lowest BCUT2D eigenvalue weighted by molar-refractivity contribution is -0.140. The van der Waals surface area contributed by atoms with Crippen molar-refractivity contribution in [1.82, 2.24) is 9.55 Å². The number of hydrogen-bond donors (Lipinski definition) is 3. The molecule has 1 heterocycles. The largest absolute Gasteiger partial charge is 0.480 e. The smallest absolute Gasteiger partial charge is 0.329 e. The van der Waals surface area contributed by atoms with Gasteiger partial charge in [-0.05, 0) is 6.92 Å². The topological polar surface area (TPSA) is 118 Å². The van der Waals surface area contributed by atoms with Crippen LogP contribution < -0.4 is 17.0 Å². The summed E-state index contributed by atoms with van der Waals surface area (Å²) in [5, 5.41) is 8.63. The fourth-order valence-corrected chi connectivity index (χ4v) is 0.908. The quantitative estimate of drug-likeness (QED) is 0.550. The maximum absolute atomic E-state index is 11.1. The molecule has 0 spiro atoms. The van der Waals surface area contributed by atoms with Gasteiger partial charge in [0, 0.05) is 6.20 Å². The highest BCUT2D eigenvalue weighted by molar-refractivity contribution is 5.71. The van der Waals surface area contributed by atoms with Crippen molar-refractivity contribution in [2.45, 2.75) is 13.0 Å². The molecule has 0 bridgehead atoms. The number of rotatable bonds is 2. The van der Waals surface area contributed by atoms with Crippen molar-refractivity contribution >= 4 is 11.7 Å². The summed E-state index contributed by atoms with van der Waals surface area (Å²) in [6.07, 6.45) is 1.01. The van der Waals surface area contributed by atoms with Gasteiger partial charge in [0.15, 0.2) is 0 Å². The zero-order valence-corrected chi connectivity index (χ0v) is 7.35. The molecular formula is C7H9N3O4. The molecule has 76 valence electrons. The molecule has 0 radical (unpaired) electrons. The number of carboxylic acids is 1. The van der Waals surface area contributed by atoms with Crippen molar-refractivity contribution < 1.29 is 9.90 Å². The van der Waals surface area contributed by atoms with Crippen molar-refractivity contribution in [3.8, 4) is 0 Å². The van der Waals surface area contributed by atoms with E-state index in [0.29, 0.717) is 0 Å². The molecule has 0 saturated carbocycles. The van der Waals surface area contributed by atoms with E-state index >= 15 is 0 Å². The molecule has 1 aromatic rings. The Morgan fingerprint density at radius 2 is 2.21 bits per heavy atom. The van der Waals surface area contributed by atoms with Crippen molar-refractivity contribution in [2.24, 2.45) is 0 Å². The maximum Gasteiger partial charge on any atom is 0.329 e. The number of nitrogens with zero attached hydrogens (tertiary/aromatic N) is 1. The third-order valence-corrected chi connectivity index (χ3v) is 1.77. The normalized spacial score (nSPS) is 12.4. The van der Waals surface area contributed by atoms with Crippen LogP contribution in [0.25, 0.3) is 0 Å². The summed E-state index contributed by atoms with van der Waals surface area (Å²) in [4.78, 5) is 34.4. The van der Waals surface area contributed by atoms with E-state index in [9.17, 15) is 14.4 Å². The van der Waals surface area contributed by atoms with Crippen LogP contribution in [0, 0.1) is 0 Å². The summed E-state index contributed by atoms with van der Waals surface area (Å²) in [5.41, 5.74) is 3.52. The molecule has 0 aliphatic carbocycles. The molecule has 1 rings (SSSR count).